The highest BCUT2D eigenvalue weighted by Crippen LogP contribution is 2.38. The van der Waals surface area contributed by atoms with Gasteiger partial charge in [0.05, 0.1) is 16.4 Å². The van der Waals surface area contributed by atoms with Gasteiger partial charge in [0.25, 0.3) is 10.0 Å². The number of halogens is 2. The van der Waals surface area contributed by atoms with Crippen LogP contribution in [0.5, 0.6) is 11.5 Å². The Morgan fingerprint density at radius 2 is 1.58 bits per heavy atom. The van der Waals surface area contributed by atoms with E-state index in [4.69, 9.17) is 27.1 Å². The lowest BCUT2D eigenvalue weighted by Gasteiger charge is -2.26. The van der Waals surface area contributed by atoms with Crippen LogP contribution in [0.3, 0.4) is 0 Å². The smallest absolute Gasteiger partial charge is 0.263 e. The highest BCUT2D eigenvalue weighted by Gasteiger charge is 2.21. The molecule has 230 valence electrons. The van der Waals surface area contributed by atoms with Gasteiger partial charge in [-0.15, -0.1) is 0 Å². The Balaban J connectivity index is 1.30. The average Bonchev–Trinajstić information content (AvgIpc) is 3.04. The number of hydrogen-bond donors (Lipinski definition) is 3. The number of nitrogens with one attached hydrogen (secondary N) is 2. The fraction of sp³-hybridized carbons (Fsp3) is 0.176. The Morgan fingerprint density at radius 1 is 0.844 bits per heavy atom. The van der Waals surface area contributed by atoms with Crippen molar-refractivity contribution in [1.29, 1.82) is 0 Å². The van der Waals surface area contributed by atoms with Gasteiger partial charge < -0.3 is 15.8 Å². The third kappa shape index (κ3) is 7.25. The summed E-state index contributed by atoms with van der Waals surface area (Å²) in [5.74, 6) is 0.0139. The third-order valence-corrected chi connectivity index (χ3v) is 9.53. The zero-order valence-electron chi connectivity index (χ0n) is 24.2. The first kappa shape index (κ1) is 30.5. The van der Waals surface area contributed by atoms with E-state index in [0.29, 0.717) is 23.0 Å². The second kappa shape index (κ2) is 13.2. The molecule has 45 heavy (non-hydrogen) atoms. The Kier molecular flexibility index (Phi) is 8.97. The standard InChI is InChI=1S/C34H31ClFN5O3S/c35-28-8-4-5-9-33(28)45(42,43)41-26-15-17-32(29(36)21-26)44-31-16-10-23(22-6-2-1-3-7-22)20-27(31)30-18-19-38-34(40-30)39-25-13-11-24(37)12-14-25/h1-10,15-21,24-25,41H,11-14,37H2,(H,38,39,40). The third-order valence-electron chi connectivity index (χ3n) is 7.65. The number of rotatable bonds is 9. The number of ether oxygens (including phenoxy) is 1. The van der Waals surface area contributed by atoms with Gasteiger partial charge in [-0.3, -0.25) is 4.72 Å². The van der Waals surface area contributed by atoms with E-state index in [9.17, 15) is 8.42 Å². The molecule has 4 N–H and O–H groups in total. The Morgan fingerprint density at radius 3 is 2.33 bits per heavy atom. The van der Waals surface area contributed by atoms with Gasteiger partial charge in [-0.1, -0.05) is 60.1 Å². The Labute approximate surface area is 266 Å². The summed E-state index contributed by atoms with van der Waals surface area (Å²) in [6, 6.07) is 27.6. The van der Waals surface area contributed by atoms with E-state index < -0.39 is 15.8 Å². The zero-order valence-corrected chi connectivity index (χ0v) is 25.7. The lowest BCUT2D eigenvalue weighted by molar-refractivity contribution is 0.410. The van der Waals surface area contributed by atoms with Gasteiger partial charge in [0.15, 0.2) is 11.6 Å². The predicted molar refractivity (Wildman–Crippen MR) is 175 cm³/mol. The molecule has 6 rings (SSSR count). The zero-order chi connectivity index (χ0) is 31.4. The van der Waals surface area contributed by atoms with Gasteiger partial charge >= 0.3 is 0 Å². The van der Waals surface area contributed by atoms with Gasteiger partial charge in [0.1, 0.15) is 10.6 Å². The number of nitrogens with two attached hydrogens (primary N) is 1. The van der Waals surface area contributed by atoms with Crippen LogP contribution in [0, 0.1) is 5.82 Å². The van der Waals surface area contributed by atoms with Crippen molar-refractivity contribution in [1.82, 2.24) is 9.97 Å². The topological polar surface area (TPSA) is 119 Å². The molecule has 1 fully saturated rings. The van der Waals surface area contributed by atoms with E-state index in [1.807, 2.05) is 42.5 Å². The molecule has 0 unspecified atom stereocenters. The molecule has 11 heteroatoms. The van der Waals surface area contributed by atoms with Crippen LogP contribution >= 0.6 is 11.6 Å². The molecule has 0 bridgehead atoms. The molecule has 1 heterocycles. The van der Waals surface area contributed by atoms with E-state index in [-0.39, 0.29) is 33.4 Å². The maximum absolute atomic E-state index is 15.4. The molecule has 0 aliphatic heterocycles. The van der Waals surface area contributed by atoms with E-state index in [0.717, 1.165) is 42.9 Å². The first-order valence-corrected chi connectivity index (χ1v) is 16.4. The number of anilines is 2. The first-order valence-electron chi connectivity index (χ1n) is 14.5. The van der Waals surface area contributed by atoms with Gasteiger partial charge in [-0.25, -0.2) is 22.8 Å². The quantitative estimate of drug-likeness (QED) is 0.149. The molecule has 1 aromatic heterocycles. The molecule has 4 aromatic carbocycles. The van der Waals surface area contributed by atoms with E-state index >= 15 is 4.39 Å². The minimum atomic E-state index is -4.04. The van der Waals surface area contributed by atoms with Gasteiger partial charge in [-0.2, -0.15) is 0 Å². The van der Waals surface area contributed by atoms with Crippen LogP contribution in [0.15, 0.2) is 108 Å². The molecule has 0 saturated heterocycles. The van der Waals surface area contributed by atoms with Crippen LogP contribution in [0.25, 0.3) is 22.4 Å². The lowest BCUT2D eigenvalue weighted by atomic mass is 9.92. The van der Waals surface area contributed by atoms with Gasteiger partial charge in [-0.05, 0) is 79.3 Å². The fourth-order valence-corrected chi connectivity index (χ4v) is 6.86. The second-order valence-corrected chi connectivity index (χ2v) is 12.9. The van der Waals surface area contributed by atoms with Crippen molar-refractivity contribution in [3.63, 3.8) is 0 Å². The predicted octanol–water partition coefficient (Wildman–Crippen LogP) is 7.88. The number of benzene rings is 4. The van der Waals surface area contributed by atoms with Gasteiger partial charge in [0.2, 0.25) is 5.95 Å². The molecule has 0 amide bonds. The Bertz CT molecular complexity index is 1920. The monoisotopic (exact) mass is 643 g/mol. The van der Waals surface area contributed by atoms with Crippen molar-refractivity contribution in [2.75, 3.05) is 10.0 Å². The summed E-state index contributed by atoms with van der Waals surface area (Å²) in [6.45, 7) is 0. The summed E-state index contributed by atoms with van der Waals surface area (Å²) in [4.78, 5) is 9.12. The summed E-state index contributed by atoms with van der Waals surface area (Å²) in [5, 5.41) is 3.49. The lowest BCUT2D eigenvalue weighted by Crippen LogP contribution is -2.33. The van der Waals surface area contributed by atoms with Crippen molar-refractivity contribution in [2.24, 2.45) is 5.73 Å². The number of sulfonamides is 1. The largest absolute Gasteiger partial charge is 0.454 e. The Hall–Kier alpha value is -4.51. The number of nitrogens with zero attached hydrogens (tertiary/aromatic N) is 2. The van der Waals surface area contributed by atoms with Crippen molar-refractivity contribution in [3.8, 4) is 33.9 Å². The first-order chi connectivity index (χ1) is 21.7. The number of aromatic nitrogens is 2. The van der Waals surface area contributed by atoms with Crippen molar-refractivity contribution in [3.05, 3.63) is 114 Å². The summed E-state index contributed by atoms with van der Waals surface area (Å²) in [7, 11) is -4.04. The molecule has 1 aliphatic carbocycles. The molecular formula is C34H31ClFN5O3S. The summed E-state index contributed by atoms with van der Waals surface area (Å²) >= 11 is 6.07. The summed E-state index contributed by atoms with van der Waals surface area (Å²) in [5.41, 5.74) is 9.25. The number of hydrogen-bond acceptors (Lipinski definition) is 7. The maximum Gasteiger partial charge on any atom is 0.263 e. The summed E-state index contributed by atoms with van der Waals surface area (Å²) < 4.78 is 49.6. The van der Waals surface area contributed by atoms with Crippen LogP contribution in [-0.2, 0) is 10.0 Å². The summed E-state index contributed by atoms with van der Waals surface area (Å²) in [6.07, 6.45) is 5.45. The maximum atomic E-state index is 15.4. The molecule has 5 aromatic rings. The van der Waals surface area contributed by atoms with Crippen molar-refractivity contribution < 1.29 is 17.5 Å². The van der Waals surface area contributed by atoms with E-state index in [2.05, 4.69) is 15.0 Å². The molecule has 8 nitrogen and oxygen atoms in total. The molecule has 0 radical (unpaired) electrons. The molecule has 0 spiro atoms. The fourth-order valence-electron chi connectivity index (χ4n) is 5.29. The van der Waals surface area contributed by atoms with E-state index in [1.54, 1.807) is 30.5 Å². The normalized spacial score (nSPS) is 16.6. The van der Waals surface area contributed by atoms with E-state index in [1.165, 1.54) is 24.3 Å². The minimum Gasteiger partial charge on any atom is -0.454 e. The highest BCUT2D eigenvalue weighted by molar-refractivity contribution is 7.92. The van der Waals surface area contributed by atoms with Crippen LogP contribution in [-0.4, -0.2) is 30.5 Å². The molecule has 1 aliphatic rings. The van der Waals surface area contributed by atoms with Gasteiger partial charge in [0, 0.05) is 29.9 Å². The highest BCUT2D eigenvalue weighted by atomic mass is 35.5. The van der Waals surface area contributed by atoms with Crippen LogP contribution in [0.4, 0.5) is 16.0 Å². The second-order valence-electron chi connectivity index (χ2n) is 10.9. The van der Waals surface area contributed by atoms with Crippen LogP contribution < -0.4 is 20.5 Å². The SMILES string of the molecule is NC1CCC(Nc2nccc(-c3cc(-c4ccccc4)ccc3Oc3ccc(NS(=O)(=O)c4ccccc4Cl)cc3F)n2)CC1. The molecule has 1 saturated carbocycles. The molecular weight excluding hydrogens is 613 g/mol. The van der Waals surface area contributed by atoms with Crippen molar-refractivity contribution in [2.45, 2.75) is 42.7 Å². The van der Waals surface area contributed by atoms with Crippen molar-refractivity contribution >= 4 is 33.3 Å². The van der Waals surface area contributed by atoms with Crippen LogP contribution in [0.1, 0.15) is 25.7 Å². The van der Waals surface area contributed by atoms with Crippen LogP contribution in [0.2, 0.25) is 5.02 Å². The average molecular weight is 644 g/mol. The minimum absolute atomic E-state index is 0.0228. The molecule has 0 atom stereocenters.